The molecule has 1 atom stereocenters. The van der Waals surface area contributed by atoms with E-state index < -0.39 is 0 Å². The zero-order valence-electron chi connectivity index (χ0n) is 12.7. The quantitative estimate of drug-likeness (QED) is 0.755. The molecule has 9 heteroatoms. The summed E-state index contributed by atoms with van der Waals surface area (Å²) in [6, 6.07) is 1.24. The first kappa shape index (κ1) is 14.7. The van der Waals surface area contributed by atoms with Crippen LogP contribution in [-0.2, 0) is 7.05 Å². The Bertz CT molecular complexity index is 794. The van der Waals surface area contributed by atoms with Crippen LogP contribution >= 0.6 is 0 Å². The van der Waals surface area contributed by atoms with E-state index in [1.54, 1.807) is 35.5 Å². The van der Waals surface area contributed by atoms with Crippen molar-refractivity contribution in [2.24, 2.45) is 7.05 Å². The third-order valence-corrected chi connectivity index (χ3v) is 3.17. The summed E-state index contributed by atoms with van der Waals surface area (Å²) < 4.78 is 3.18. The van der Waals surface area contributed by atoms with Gasteiger partial charge in [-0.05, 0) is 13.0 Å². The highest BCUT2D eigenvalue weighted by atomic mass is 16.2. The molecule has 0 aliphatic carbocycles. The van der Waals surface area contributed by atoms with Crippen molar-refractivity contribution in [1.82, 2.24) is 34.8 Å². The molecule has 3 rings (SSSR count). The molecule has 3 aromatic rings. The number of nitrogens with one attached hydrogen (secondary N) is 2. The number of hydrogen-bond donors (Lipinski definition) is 2. The highest BCUT2D eigenvalue weighted by Gasteiger charge is 2.12. The molecule has 0 saturated heterocycles. The summed E-state index contributed by atoms with van der Waals surface area (Å²) in [6.45, 7) is 1.89. The molecule has 0 spiro atoms. The van der Waals surface area contributed by atoms with Crippen molar-refractivity contribution in [2.45, 2.75) is 13.0 Å². The Hall–Kier alpha value is -3.23. The minimum atomic E-state index is -0.324. The first-order chi connectivity index (χ1) is 11.1. The molecule has 0 aromatic carbocycles. The van der Waals surface area contributed by atoms with Crippen LogP contribution in [0.4, 0.5) is 10.5 Å². The second-order valence-corrected chi connectivity index (χ2v) is 4.99. The zero-order chi connectivity index (χ0) is 16.2. The Labute approximate surface area is 132 Å². The fourth-order valence-electron chi connectivity index (χ4n) is 2.02. The van der Waals surface area contributed by atoms with E-state index >= 15 is 0 Å². The summed E-state index contributed by atoms with van der Waals surface area (Å²) in [4.78, 5) is 20.2. The minimum Gasteiger partial charge on any atom is -0.331 e. The van der Waals surface area contributed by atoms with Crippen LogP contribution in [0.25, 0.3) is 5.95 Å². The molecular weight excluding hydrogens is 296 g/mol. The van der Waals surface area contributed by atoms with Crippen LogP contribution in [0.3, 0.4) is 0 Å². The Balaban J connectivity index is 1.61. The molecule has 0 aliphatic heterocycles. The number of aromatic nitrogens is 6. The van der Waals surface area contributed by atoms with Gasteiger partial charge in [-0.2, -0.15) is 10.2 Å². The third kappa shape index (κ3) is 3.51. The predicted octanol–water partition coefficient (Wildman–Crippen LogP) is 1.28. The summed E-state index contributed by atoms with van der Waals surface area (Å²) in [5.74, 6) is 0.435. The maximum atomic E-state index is 12.0. The van der Waals surface area contributed by atoms with Gasteiger partial charge < -0.3 is 10.6 Å². The number of rotatable bonds is 4. The van der Waals surface area contributed by atoms with Gasteiger partial charge in [0.2, 0.25) is 5.95 Å². The van der Waals surface area contributed by atoms with Crippen LogP contribution < -0.4 is 10.6 Å². The molecule has 0 aliphatic rings. The average molecular weight is 312 g/mol. The maximum Gasteiger partial charge on any atom is 0.319 e. The summed E-state index contributed by atoms with van der Waals surface area (Å²) in [5.41, 5.74) is 1.48. The SMILES string of the molecule is C[C@H](NC(=O)Nc1cnn(-c2ncccn2)c1)c1cnn(C)c1. The predicted molar refractivity (Wildman–Crippen MR) is 82.9 cm³/mol. The third-order valence-electron chi connectivity index (χ3n) is 3.17. The Kier molecular flexibility index (Phi) is 4.00. The average Bonchev–Trinajstić information content (AvgIpc) is 3.17. The molecule has 9 nitrogen and oxygen atoms in total. The van der Waals surface area contributed by atoms with Gasteiger partial charge in [-0.3, -0.25) is 4.68 Å². The van der Waals surface area contributed by atoms with Crippen molar-refractivity contribution in [3.63, 3.8) is 0 Å². The largest absolute Gasteiger partial charge is 0.331 e. The van der Waals surface area contributed by atoms with Crippen molar-refractivity contribution >= 4 is 11.7 Å². The van der Waals surface area contributed by atoms with Crippen LogP contribution in [0.15, 0.2) is 43.2 Å². The number of anilines is 1. The molecule has 23 heavy (non-hydrogen) atoms. The van der Waals surface area contributed by atoms with E-state index in [9.17, 15) is 4.79 Å². The lowest BCUT2D eigenvalue weighted by Gasteiger charge is -2.12. The maximum absolute atomic E-state index is 12.0. The lowest BCUT2D eigenvalue weighted by atomic mass is 10.2. The van der Waals surface area contributed by atoms with Gasteiger partial charge >= 0.3 is 6.03 Å². The molecule has 0 unspecified atom stereocenters. The molecule has 2 N–H and O–H groups in total. The Morgan fingerprint density at radius 1 is 1.17 bits per heavy atom. The molecule has 2 amide bonds. The Morgan fingerprint density at radius 3 is 2.65 bits per heavy atom. The fraction of sp³-hybridized carbons (Fsp3) is 0.214. The molecule has 0 fully saturated rings. The van der Waals surface area contributed by atoms with E-state index in [4.69, 9.17) is 0 Å². The molecule has 118 valence electrons. The number of urea groups is 1. The topological polar surface area (TPSA) is 103 Å². The van der Waals surface area contributed by atoms with Crippen LogP contribution in [0.2, 0.25) is 0 Å². The van der Waals surface area contributed by atoms with Gasteiger partial charge in [0.25, 0.3) is 0 Å². The molecule has 0 radical (unpaired) electrons. The van der Waals surface area contributed by atoms with Crippen LogP contribution in [0, 0.1) is 0 Å². The van der Waals surface area contributed by atoms with Crippen molar-refractivity contribution in [3.05, 3.63) is 48.8 Å². The second-order valence-electron chi connectivity index (χ2n) is 4.99. The van der Waals surface area contributed by atoms with Gasteiger partial charge in [0.05, 0.1) is 30.3 Å². The van der Waals surface area contributed by atoms with Crippen LogP contribution in [-0.4, -0.2) is 35.6 Å². The lowest BCUT2D eigenvalue weighted by Crippen LogP contribution is -2.30. The summed E-state index contributed by atoms with van der Waals surface area (Å²) in [5, 5.41) is 13.8. The fourth-order valence-corrected chi connectivity index (χ4v) is 2.02. The normalized spacial score (nSPS) is 11.9. The number of hydrogen-bond acceptors (Lipinski definition) is 5. The summed E-state index contributed by atoms with van der Waals surface area (Å²) >= 11 is 0. The summed E-state index contributed by atoms with van der Waals surface area (Å²) in [6.07, 6.45) is 10.00. The molecule has 0 bridgehead atoms. The minimum absolute atomic E-state index is 0.156. The second kappa shape index (κ2) is 6.26. The van der Waals surface area contributed by atoms with Crippen LogP contribution in [0.5, 0.6) is 0 Å². The summed E-state index contributed by atoms with van der Waals surface area (Å²) in [7, 11) is 1.83. The number of amides is 2. The number of carbonyl (C=O) groups excluding carboxylic acids is 1. The smallest absolute Gasteiger partial charge is 0.319 e. The van der Waals surface area contributed by atoms with E-state index in [0.717, 1.165) is 5.56 Å². The van der Waals surface area contributed by atoms with Gasteiger partial charge in [0, 0.05) is 31.2 Å². The van der Waals surface area contributed by atoms with Crippen molar-refractivity contribution < 1.29 is 4.79 Å². The van der Waals surface area contributed by atoms with Crippen molar-refractivity contribution in [3.8, 4) is 5.95 Å². The van der Waals surface area contributed by atoms with E-state index in [1.165, 1.54) is 10.9 Å². The standard InChI is InChI=1S/C14H16N8O/c1-10(11-6-17-21(2)8-11)19-14(23)20-12-7-18-22(9-12)13-15-4-3-5-16-13/h3-10H,1-2H3,(H2,19,20,23)/t10-/m0/s1. The highest BCUT2D eigenvalue weighted by Crippen LogP contribution is 2.12. The van der Waals surface area contributed by atoms with Crippen LogP contribution in [0.1, 0.15) is 18.5 Å². The van der Waals surface area contributed by atoms with Gasteiger partial charge in [-0.1, -0.05) is 0 Å². The molecule has 3 heterocycles. The zero-order valence-corrected chi connectivity index (χ0v) is 12.7. The van der Waals surface area contributed by atoms with E-state index in [1.807, 2.05) is 20.2 Å². The van der Waals surface area contributed by atoms with E-state index in [-0.39, 0.29) is 12.1 Å². The lowest BCUT2D eigenvalue weighted by molar-refractivity contribution is 0.249. The first-order valence-electron chi connectivity index (χ1n) is 7.00. The molecular formula is C14H16N8O. The molecule has 3 aromatic heterocycles. The highest BCUT2D eigenvalue weighted by molar-refractivity contribution is 5.89. The number of carbonyl (C=O) groups is 1. The van der Waals surface area contributed by atoms with Crippen molar-refractivity contribution in [2.75, 3.05) is 5.32 Å². The number of aryl methyl sites for hydroxylation is 1. The molecule has 0 saturated carbocycles. The van der Waals surface area contributed by atoms with Gasteiger partial charge in [0.15, 0.2) is 0 Å². The van der Waals surface area contributed by atoms with Crippen molar-refractivity contribution in [1.29, 1.82) is 0 Å². The van der Waals surface area contributed by atoms with E-state index in [2.05, 4.69) is 30.8 Å². The number of nitrogens with zero attached hydrogens (tertiary/aromatic N) is 6. The van der Waals surface area contributed by atoms with Gasteiger partial charge in [0.1, 0.15) is 0 Å². The van der Waals surface area contributed by atoms with Gasteiger partial charge in [-0.15, -0.1) is 0 Å². The Morgan fingerprint density at radius 2 is 1.96 bits per heavy atom. The van der Waals surface area contributed by atoms with E-state index in [0.29, 0.717) is 11.6 Å². The van der Waals surface area contributed by atoms with Gasteiger partial charge in [-0.25, -0.2) is 19.4 Å². The first-order valence-corrected chi connectivity index (χ1v) is 7.00. The monoisotopic (exact) mass is 312 g/mol.